The summed E-state index contributed by atoms with van der Waals surface area (Å²) in [5.41, 5.74) is 1.21. The van der Waals surface area contributed by atoms with Crippen molar-refractivity contribution < 1.29 is 4.74 Å². The van der Waals surface area contributed by atoms with Crippen LogP contribution in [0.5, 0.6) is 5.75 Å². The normalized spacial score (nSPS) is 12.6. The molecule has 122 valence electrons. The molecule has 0 spiro atoms. The second-order valence-electron chi connectivity index (χ2n) is 5.62. The number of nitrogens with one attached hydrogen (secondary N) is 1. The highest BCUT2D eigenvalue weighted by Crippen LogP contribution is 2.28. The molecule has 0 saturated carbocycles. The standard InChI is InChI=1S/C17H33N3O/c1-5-8-9-10-11-12-15(18-13-6-2)17-16(21-4)14-19-20(17)7-3/h14-15,18H,5-13H2,1-4H3. The third kappa shape index (κ3) is 5.70. The van der Waals surface area contributed by atoms with Crippen molar-refractivity contribution in [3.05, 3.63) is 11.9 Å². The van der Waals surface area contributed by atoms with Gasteiger partial charge in [-0.25, -0.2) is 0 Å². The number of hydrogen-bond acceptors (Lipinski definition) is 3. The zero-order chi connectivity index (χ0) is 15.5. The zero-order valence-corrected chi connectivity index (χ0v) is 14.3. The van der Waals surface area contributed by atoms with Crippen LogP contribution in [0.15, 0.2) is 6.20 Å². The van der Waals surface area contributed by atoms with Crippen LogP contribution >= 0.6 is 0 Å². The van der Waals surface area contributed by atoms with Gasteiger partial charge in [0.15, 0.2) is 5.75 Å². The van der Waals surface area contributed by atoms with Crippen LogP contribution < -0.4 is 10.1 Å². The molecule has 1 aromatic heterocycles. The molecule has 4 nitrogen and oxygen atoms in total. The summed E-state index contributed by atoms with van der Waals surface area (Å²) in [5, 5.41) is 8.12. The predicted molar refractivity (Wildman–Crippen MR) is 88.9 cm³/mol. The molecule has 1 N–H and O–H groups in total. The van der Waals surface area contributed by atoms with E-state index in [9.17, 15) is 0 Å². The summed E-state index contributed by atoms with van der Waals surface area (Å²) in [6.45, 7) is 8.53. The smallest absolute Gasteiger partial charge is 0.161 e. The topological polar surface area (TPSA) is 39.1 Å². The lowest BCUT2D eigenvalue weighted by Crippen LogP contribution is -2.25. The minimum Gasteiger partial charge on any atom is -0.493 e. The number of aromatic nitrogens is 2. The first-order valence-corrected chi connectivity index (χ1v) is 8.61. The van der Waals surface area contributed by atoms with Crippen molar-refractivity contribution in [3.63, 3.8) is 0 Å². The SMILES string of the molecule is CCCCCCCC(NCCC)c1c(OC)cnn1CC. The Bertz CT molecular complexity index is 355. The largest absolute Gasteiger partial charge is 0.493 e. The lowest BCUT2D eigenvalue weighted by molar-refractivity contribution is 0.380. The molecule has 21 heavy (non-hydrogen) atoms. The van der Waals surface area contributed by atoms with Crippen molar-refractivity contribution in [2.45, 2.75) is 78.3 Å². The van der Waals surface area contributed by atoms with Gasteiger partial charge in [0.1, 0.15) is 0 Å². The molecule has 1 aromatic rings. The molecule has 1 heterocycles. The van der Waals surface area contributed by atoms with Crippen LogP contribution in [-0.2, 0) is 6.54 Å². The monoisotopic (exact) mass is 295 g/mol. The lowest BCUT2D eigenvalue weighted by Gasteiger charge is -2.21. The van der Waals surface area contributed by atoms with Crippen LogP contribution in [-0.4, -0.2) is 23.4 Å². The van der Waals surface area contributed by atoms with Crippen LogP contribution in [0.2, 0.25) is 0 Å². The third-order valence-electron chi connectivity index (χ3n) is 3.93. The van der Waals surface area contributed by atoms with E-state index in [0.29, 0.717) is 6.04 Å². The van der Waals surface area contributed by atoms with Crippen LogP contribution in [0, 0.1) is 0 Å². The van der Waals surface area contributed by atoms with Gasteiger partial charge in [0.2, 0.25) is 0 Å². The summed E-state index contributed by atoms with van der Waals surface area (Å²) in [4.78, 5) is 0. The van der Waals surface area contributed by atoms with Crippen LogP contribution in [0.3, 0.4) is 0 Å². The molecule has 1 unspecified atom stereocenters. The minimum atomic E-state index is 0.351. The third-order valence-corrected chi connectivity index (χ3v) is 3.93. The van der Waals surface area contributed by atoms with Crippen molar-refractivity contribution in [1.29, 1.82) is 0 Å². The van der Waals surface area contributed by atoms with Gasteiger partial charge >= 0.3 is 0 Å². The molecule has 0 aliphatic heterocycles. The van der Waals surface area contributed by atoms with E-state index in [1.807, 2.05) is 6.20 Å². The van der Waals surface area contributed by atoms with E-state index < -0.39 is 0 Å². The van der Waals surface area contributed by atoms with Crippen molar-refractivity contribution in [2.24, 2.45) is 0 Å². The Labute approximate surface area is 130 Å². The fraction of sp³-hybridized carbons (Fsp3) is 0.824. The van der Waals surface area contributed by atoms with E-state index in [1.165, 1.54) is 37.8 Å². The van der Waals surface area contributed by atoms with Gasteiger partial charge < -0.3 is 10.1 Å². The summed E-state index contributed by atoms with van der Waals surface area (Å²) in [6.07, 6.45) is 10.7. The number of aryl methyl sites for hydroxylation is 1. The molecule has 0 bridgehead atoms. The molecular formula is C17H33N3O. The maximum Gasteiger partial charge on any atom is 0.161 e. The van der Waals surface area contributed by atoms with Gasteiger partial charge in [-0.05, 0) is 26.3 Å². The van der Waals surface area contributed by atoms with Crippen molar-refractivity contribution in [2.75, 3.05) is 13.7 Å². The molecule has 0 radical (unpaired) electrons. The first kappa shape index (κ1) is 18.0. The van der Waals surface area contributed by atoms with Crippen molar-refractivity contribution in [1.82, 2.24) is 15.1 Å². The highest BCUT2D eigenvalue weighted by Gasteiger charge is 2.20. The highest BCUT2D eigenvalue weighted by atomic mass is 16.5. The van der Waals surface area contributed by atoms with Crippen molar-refractivity contribution in [3.8, 4) is 5.75 Å². The highest BCUT2D eigenvalue weighted by molar-refractivity contribution is 5.28. The molecule has 0 saturated heterocycles. The number of rotatable bonds is 12. The zero-order valence-electron chi connectivity index (χ0n) is 14.3. The Morgan fingerprint density at radius 3 is 2.52 bits per heavy atom. The van der Waals surface area contributed by atoms with E-state index in [-0.39, 0.29) is 0 Å². The van der Waals surface area contributed by atoms with Gasteiger partial charge in [0, 0.05) is 6.54 Å². The molecule has 0 aliphatic carbocycles. The Kier molecular flexibility index (Phi) is 9.15. The molecule has 0 amide bonds. The van der Waals surface area contributed by atoms with E-state index in [1.54, 1.807) is 7.11 Å². The molecule has 1 rings (SSSR count). The summed E-state index contributed by atoms with van der Waals surface area (Å²) < 4.78 is 7.58. The van der Waals surface area contributed by atoms with Crippen molar-refractivity contribution >= 4 is 0 Å². The van der Waals surface area contributed by atoms with Crippen LogP contribution in [0.25, 0.3) is 0 Å². The first-order chi connectivity index (χ1) is 10.3. The maximum atomic E-state index is 5.51. The van der Waals surface area contributed by atoms with Gasteiger partial charge in [0.25, 0.3) is 0 Å². The Morgan fingerprint density at radius 2 is 1.90 bits per heavy atom. The molecule has 0 aliphatic rings. The first-order valence-electron chi connectivity index (χ1n) is 8.61. The summed E-state index contributed by atoms with van der Waals surface area (Å²) in [7, 11) is 1.73. The average Bonchev–Trinajstić information content (AvgIpc) is 2.93. The van der Waals surface area contributed by atoms with Gasteiger partial charge in [-0.3, -0.25) is 4.68 Å². The van der Waals surface area contributed by atoms with E-state index in [0.717, 1.165) is 31.7 Å². The predicted octanol–water partition coefficient (Wildman–Crippen LogP) is 4.31. The Morgan fingerprint density at radius 1 is 1.14 bits per heavy atom. The quantitative estimate of drug-likeness (QED) is 0.584. The number of unbranched alkanes of at least 4 members (excludes halogenated alkanes) is 4. The van der Waals surface area contributed by atoms with Gasteiger partial charge in [-0.2, -0.15) is 5.10 Å². The van der Waals surface area contributed by atoms with E-state index >= 15 is 0 Å². The molecule has 1 atom stereocenters. The molecular weight excluding hydrogens is 262 g/mol. The summed E-state index contributed by atoms with van der Waals surface area (Å²) in [5.74, 6) is 0.916. The fourth-order valence-electron chi connectivity index (χ4n) is 2.74. The molecule has 0 fully saturated rings. The Balaban J connectivity index is 2.69. The molecule has 0 aromatic carbocycles. The summed E-state index contributed by atoms with van der Waals surface area (Å²) in [6, 6.07) is 0.351. The van der Waals surface area contributed by atoms with E-state index in [2.05, 4.69) is 35.9 Å². The second-order valence-corrected chi connectivity index (χ2v) is 5.62. The fourth-order valence-corrected chi connectivity index (χ4v) is 2.74. The van der Waals surface area contributed by atoms with Crippen LogP contribution in [0.1, 0.15) is 77.5 Å². The second kappa shape index (κ2) is 10.7. The number of ether oxygens (including phenoxy) is 1. The van der Waals surface area contributed by atoms with Crippen LogP contribution in [0.4, 0.5) is 0 Å². The lowest BCUT2D eigenvalue weighted by atomic mass is 10.0. The molecule has 4 heteroatoms. The number of methoxy groups -OCH3 is 1. The minimum absolute atomic E-state index is 0.351. The van der Waals surface area contributed by atoms with Gasteiger partial charge in [-0.1, -0.05) is 46.0 Å². The average molecular weight is 295 g/mol. The Hall–Kier alpha value is -1.03. The number of nitrogens with zero attached hydrogens (tertiary/aromatic N) is 2. The van der Waals surface area contributed by atoms with E-state index in [4.69, 9.17) is 4.74 Å². The number of hydrogen-bond donors (Lipinski definition) is 1. The van der Waals surface area contributed by atoms with Gasteiger partial charge in [-0.15, -0.1) is 0 Å². The summed E-state index contributed by atoms with van der Waals surface area (Å²) >= 11 is 0. The maximum absolute atomic E-state index is 5.51. The van der Waals surface area contributed by atoms with Gasteiger partial charge in [0.05, 0.1) is 25.0 Å².